The SMILES string of the molecule is O=c1[nH]c(C2CCCN2)nc2cc(F)cn12. The fourth-order valence-electron chi connectivity index (χ4n) is 2.07. The molecule has 0 amide bonds. The van der Waals surface area contributed by atoms with Crippen LogP contribution >= 0.6 is 0 Å². The average Bonchev–Trinajstić information content (AvgIpc) is 2.84. The van der Waals surface area contributed by atoms with Gasteiger partial charge in [-0.05, 0) is 19.4 Å². The number of H-pyrrole nitrogens is 1. The molecular weight excluding hydrogens is 211 g/mol. The molecule has 1 atom stereocenters. The first-order valence-corrected chi connectivity index (χ1v) is 5.25. The summed E-state index contributed by atoms with van der Waals surface area (Å²) in [7, 11) is 0. The lowest BCUT2D eigenvalue weighted by molar-refractivity contribution is 0.597. The highest BCUT2D eigenvalue weighted by Crippen LogP contribution is 2.19. The fourth-order valence-corrected chi connectivity index (χ4v) is 2.07. The minimum atomic E-state index is -0.450. The number of halogens is 1. The van der Waals surface area contributed by atoms with E-state index in [4.69, 9.17) is 0 Å². The maximum Gasteiger partial charge on any atom is 0.332 e. The van der Waals surface area contributed by atoms with Crippen molar-refractivity contribution in [2.75, 3.05) is 6.54 Å². The molecule has 0 aromatic carbocycles. The summed E-state index contributed by atoms with van der Waals surface area (Å²) in [6.45, 7) is 0.926. The number of hydrogen-bond acceptors (Lipinski definition) is 3. The quantitative estimate of drug-likeness (QED) is 0.742. The second kappa shape index (κ2) is 3.41. The van der Waals surface area contributed by atoms with Crippen LogP contribution in [0.1, 0.15) is 24.7 Å². The number of hydrogen-bond donors (Lipinski definition) is 2. The summed E-state index contributed by atoms with van der Waals surface area (Å²) >= 11 is 0. The first kappa shape index (κ1) is 9.53. The predicted octanol–water partition coefficient (Wildman–Crippen LogP) is 0.586. The van der Waals surface area contributed by atoms with Crippen molar-refractivity contribution in [3.63, 3.8) is 0 Å². The van der Waals surface area contributed by atoms with Crippen LogP contribution in [0.2, 0.25) is 0 Å². The molecule has 2 aromatic rings. The third-order valence-electron chi connectivity index (χ3n) is 2.85. The molecule has 0 bridgehead atoms. The Balaban J connectivity index is 2.16. The van der Waals surface area contributed by atoms with E-state index in [0.29, 0.717) is 11.5 Å². The summed E-state index contributed by atoms with van der Waals surface area (Å²) < 4.78 is 14.2. The number of aromatic amines is 1. The van der Waals surface area contributed by atoms with Crippen molar-refractivity contribution in [2.45, 2.75) is 18.9 Å². The van der Waals surface area contributed by atoms with Crippen LogP contribution in [0.25, 0.3) is 5.65 Å². The molecule has 1 aliphatic rings. The Hall–Kier alpha value is -1.69. The Bertz CT molecular complexity index is 582. The van der Waals surface area contributed by atoms with Gasteiger partial charge in [0.05, 0.1) is 12.2 Å². The van der Waals surface area contributed by atoms with Crippen molar-refractivity contribution in [3.8, 4) is 0 Å². The second-order valence-electron chi connectivity index (χ2n) is 3.96. The van der Waals surface area contributed by atoms with Gasteiger partial charge < -0.3 is 5.32 Å². The second-order valence-corrected chi connectivity index (χ2v) is 3.96. The minimum absolute atomic E-state index is 0.0793. The minimum Gasteiger partial charge on any atom is -0.307 e. The molecule has 0 radical (unpaired) electrons. The van der Waals surface area contributed by atoms with Crippen LogP contribution in [0.15, 0.2) is 17.1 Å². The van der Waals surface area contributed by atoms with Crippen LogP contribution < -0.4 is 11.0 Å². The van der Waals surface area contributed by atoms with Crippen molar-refractivity contribution in [3.05, 3.63) is 34.4 Å². The molecule has 1 unspecified atom stereocenters. The molecule has 16 heavy (non-hydrogen) atoms. The van der Waals surface area contributed by atoms with Crippen molar-refractivity contribution in [1.82, 2.24) is 19.7 Å². The maximum absolute atomic E-state index is 13.0. The van der Waals surface area contributed by atoms with Crippen LogP contribution in [-0.4, -0.2) is 20.9 Å². The molecule has 0 spiro atoms. The Morgan fingerprint density at radius 3 is 3.19 bits per heavy atom. The van der Waals surface area contributed by atoms with Gasteiger partial charge in [0, 0.05) is 6.07 Å². The van der Waals surface area contributed by atoms with E-state index in [1.165, 1.54) is 10.5 Å². The Morgan fingerprint density at radius 2 is 2.44 bits per heavy atom. The van der Waals surface area contributed by atoms with Crippen LogP contribution in [0, 0.1) is 5.82 Å². The molecule has 84 valence electrons. The van der Waals surface area contributed by atoms with Gasteiger partial charge in [0.15, 0.2) is 0 Å². The number of fused-ring (bicyclic) bond motifs is 1. The zero-order valence-electron chi connectivity index (χ0n) is 8.53. The Morgan fingerprint density at radius 1 is 1.56 bits per heavy atom. The van der Waals surface area contributed by atoms with E-state index in [9.17, 15) is 9.18 Å². The van der Waals surface area contributed by atoms with Gasteiger partial charge in [-0.2, -0.15) is 0 Å². The molecule has 1 saturated heterocycles. The third-order valence-corrected chi connectivity index (χ3v) is 2.85. The lowest BCUT2D eigenvalue weighted by Gasteiger charge is -2.08. The lowest BCUT2D eigenvalue weighted by Crippen LogP contribution is -2.24. The highest BCUT2D eigenvalue weighted by atomic mass is 19.1. The highest BCUT2D eigenvalue weighted by Gasteiger charge is 2.19. The van der Waals surface area contributed by atoms with Crippen molar-refractivity contribution < 1.29 is 4.39 Å². The third kappa shape index (κ3) is 1.42. The van der Waals surface area contributed by atoms with Crippen LogP contribution in [-0.2, 0) is 0 Å². The van der Waals surface area contributed by atoms with E-state index < -0.39 is 5.82 Å². The van der Waals surface area contributed by atoms with E-state index in [1.807, 2.05) is 0 Å². The van der Waals surface area contributed by atoms with E-state index in [1.54, 1.807) is 0 Å². The first-order valence-electron chi connectivity index (χ1n) is 5.25. The van der Waals surface area contributed by atoms with Gasteiger partial charge in [-0.25, -0.2) is 18.6 Å². The summed E-state index contributed by atoms with van der Waals surface area (Å²) in [5.41, 5.74) is 0.00236. The molecule has 1 aliphatic heterocycles. The molecule has 2 N–H and O–H groups in total. The normalized spacial score (nSPS) is 20.7. The number of aromatic nitrogens is 3. The highest BCUT2D eigenvalue weighted by molar-refractivity contribution is 5.38. The standard InChI is InChI=1S/C10H11FN4O/c11-6-4-8-13-9(7-2-1-3-12-7)14-10(16)15(8)5-6/h4-5,7,12H,1-3H2,(H,13,14,16). The summed E-state index contributed by atoms with van der Waals surface area (Å²) in [6.07, 6.45) is 3.14. The zero-order chi connectivity index (χ0) is 11.1. The predicted molar refractivity (Wildman–Crippen MR) is 55.7 cm³/mol. The molecule has 0 saturated carbocycles. The Kier molecular flexibility index (Phi) is 2.03. The number of rotatable bonds is 1. The summed E-state index contributed by atoms with van der Waals surface area (Å²) in [5, 5.41) is 3.24. The lowest BCUT2D eigenvalue weighted by atomic mass is 10.2. The van der Waals surface area contributed by atoms with Gasteiger partial charge in [-0.1, -0.05) is 0 Å². The van der Waals surface area contributed by atoms with Crippen LogP contribution in [0.4, 0.5) is 4.39 Å². The van der Waals surface area contributed by atoms with Crippen LogP contribution in [0.5, 0.6) is 0 Å². The van der Waals surface area contributed by atoms with Gasteiger partial charge in [-0.3, -0.25) is 4.98 Å². The molecule has 1 fully saturated rings. The maximum atomic E-state index is 13.0. The van der Waals surface area contributed by atoms with E-state index in [2.05, 4.69) is 15.3 Å². The van der Waals surface area contributed by atoms with E-state index >= 15 is 0 Å². The molecule has 2 aromatic heterocycles. The smallest absolute Gasteiger partial charge is 0.307 e. The van der Waals surface area contributed by atoms with Crippen molar-refractivity contribution >= 4 is 5.65 Å². The van der Waals surface area contributed by atoms with E-state index in [0.717, 1.165) is 25.6 Å². The average molecular weight is 222 g/mol. The van der Waals surface area contributed by atoms with Crippen molar-refractivity contribution in [2.24, 2.45) is 0 Å². The summed E-state index contributed by atoms with van der Waals surface area (Å²) in [4.78, 5) is 18.6. The van der Waals surface area contributed by atoms with Gasteiger partial charge in [0.1, 0.15) is 17.3 Å². The van der Waals surface area contributed by atoms with Crippen molar-refractivity contribution in [1.29, 1.82) is 0 Å². The number of nitrogens with one attached hydrogen (secondary N) is 2. The zero-order valence-corrected chi connectivity index (χ0v) is 8.53. The molecule has 5 nitrogen and oxygen atoms in total. The van der Waals surface area contributed by atoms with Crippen LogP contribution in [0.3, 0.4) is 0 Å². The summed E-state index contributed by atoms with van der Waals surface area (Å²) in [6, 6.07) is 1.34. The van der Waals surface area contributed by atoms with Gasteiger partial charge in [0.25, 0.3) is 0 Å². The number of nitrogens with zero attached hydrogens (tertiary/aromatic N) is 2. The molecule has 6 heteroatoms. The van der Waals surface area contributed by atoms with Gasteiger partial charge in [-0.15, -0.1) is 0 Å². The molecule has 3 rings (SSSR count). The fraction of sp³-hybridized carbons (Fsp3) is 0.400. The molecule has 0 aliphatic carbocycles. The van der Waals surface area contributed by atoms with Gasteiger partial charge in [0.2, 0.25) is 0 Å². The van der Waals surface area contributed by atoms with Gasteiger partial charge >= 0.3 is 5.69 Å². The topological polar surface area (TPSA) is 62.2 Å². The first-order chi connectivity index (χ1) is 7.74. The molecule has 3 heterocycles. The summed E-state index contributed by atoms with van der Waals surface area (Å²) in [5.74, 6) is 0.141. The molecular formula is C10H11FN4O. The largest absolute Gasteiger partial charge is 0.332 e. The Labute approximate surface area is 90.3 Å². The van der Waals surface area contributed by atoms with E-state index in [-0.39, 0.29) is 11.7 Å². The monoisotopic (exact) mass is 222 g/mol.